The van der Waals surface area contributed by atoms with E-state index in [2.05, 4.69) is 9.80 Å². The molecule has 4 nitrogen and oxygen atoms in total. The van der Waals surface area contributed by atoms with Crippen LogP contribution >= 0.6 is 0 Å². The van der Waals surface area contributed by atoms with Crippen LogP contribution in [0.1, 0.15) is 44.9 Å². The number of nitrogens with two attached hydrogens (primary N) is 1. The van der Waals surface area contributed by atoms with Crippen LogP contribution in [0.3, 0.4) is 0 Å². The summed E-state index contributed by atoms with van der Waals surface area (Å²) in [6.45, 7) is 4.90. The summed E-state index contributed by atoms with van der Waals surface area (Å²) in [4.78, 5) is 17.0. The molecule has 0 radical (unpaired) electrons. The lowest BCUT2D eigenvalue weighted by Gasteiger charge is -2.31. The molecule has 3 fully saturated rings. The molecule has 0 aromatic carbocycles. The first kappa shape index (κ1) is 14.3. The first-order valence-electron chi connectivity index (χ1n) is 8.50. The molecule has 0 aromatic heterocycles. The van der Waals surface area contributed by atoms with Crippen molar-refractivity contribution in [3.05, 3.63) is 0 Å². The Labute approximate surface area is 122 Å². The van der Waals surface area contributed by atoms with Gasteiger partial charge in [-0.1, -0.05) is 6.42 Å². The third-order valence-corrected chi connectivity index (χ3v) is 5.66. The van der Waals surface area contributed by atoms with Crippen LogP contribution in [0.15, 0.2) is 0 Å². The molecule has 1 aliphatic carbocycles. The molecule has 2 N–H and O–H groups in total. The number of amides is 1. The lowest BCUT2D eigenvalue weighted by atomic mass is 10.0. The van der Waals surface area contributed by atoms with Crippen molar-refractivity contribution < 1.29 is 4.79 Å². The Bertz CT molecular complexity index is 329. The SMILES string of the molecule is NCC(CC(=O)N1CCCCC1)N1CC2CCCC2C1. The molecule has 3 aliphatic rings. The predicted molar refractivity (Wildman–Crippen MR) is 80.3 cm³/mol. The molecule has 2 heterocycles. The molecule has 0 spiro atoms. The number of carbonyl (C=O) groups excluding carboxylic acids is 1. The Hall–Kier alpha value is -0.610. The molecule has 20 heavy (non-hydrogen) atoms. The zero-order chi connectivity index (χ0) is 13.9. The molecule has 3 atom stereocenters. The average Bonchev–Trinajstić information content (AvgIpc) is 3.06. The first-order valence-corrected chi connectivity index (χ1v) is 8.50. The van der Waals surface area contributed by atoms with E-state index in [-0.39, 0.29) is 6.04 Å². The van der Waals surface area contributed by atoms with Crippen molar-refractivity contribution in [1.29, 1.82) is 0 Å². The van der Waals surface area contributed by atoms with Gasteiger partial charge in [-0.05, 0) is 43.9 Å². The van der Waals surface area contributed by atoms with Crippen molar-refractivity contribution in [3.63, 3.8) is 0 Å². The summed E-state index contributed by atoms with van der Waals surface area (Å²) in [6.07, 6.45) is 8.44. The van der Waals surface area contributed by atoms with Gasteiger partial charge in [0.1, 0.15) is 0 Å². The molecule has 0 aromatic rings. The minimum atomic E-state index is 0.273. The smallest absolute Gasteiger partial charge is 0.224 e. The fourth-order valence-corrected chi connectivity index (χ4v) is 4.40. The van der Waals surface area contributed by atoms with E-state index in [4.69, 9.17) is 5.73 Å². The van der Waals surface area contributed by atoms with Gasteiger partial charge < -0.3 is 10.6 Å². The van der Waals surface area contributed by atoms with E-state index in [1.807, 2.05) is 0 Å². The Kier molecular flexibility index (Phi) is 4.61. The molecule has 114 valence electrons. The molecule has 1 saturated carbocycles. The quantitative estimate of drug-likeness (QED) is 0.847. The summed E-state index contributed by atoms with van der Waals surface area (Å²) in [7, 11) is 0. The maximum atomic E-state index is 12.4. The topological polar surface area (TPSA) is 49.6 Å². The van der Waals surface area contributed by atoms with E-state index in [9.17, 15) is 4.79 Å². The standard InChI is InChI=1S/C16H29N3O/c17-10-15(9-16(20)18-7-2-1-3-8-18)19-11-13-5-4-6-14(13)12-19/h13-15H,1-12,17H2. The number of piperidine rings is 1. The lowest BCUT2D eigenvalue weighted by molar-refractivity contribution is -0.133. The summed E-state index contributed by atoms with van der Waals surface area (Å²) in [5, 5.41) is 0. The number of hydrogen-bond donors (Lipinski definition) is 1. The number of nitrogens with zero attached hydrogens (tertiary/aromatic N) is 2. The van der Waals surface area contributed by atoms with Crippen LogP contribution in [0, 0.1) is 11.8 Å². The Morgan fingerprint density at radius 3 is 2.30 bits per heavy atom. The molecule has 2 aliphatic heterocycles. The molecule has 1 amide bonds. The second-order valence-electron chi connectivity index (χ2n) is 6.94. The number of carbonyl (C=O) groups is 1. The molecular weight excluding hydrogens is 250 g/mol. The number of likely N-dealkylation sites (tertiary alicyclic amines) is 2. The third-order valence-electron chi connectivity index (χ3n) is 5.66. The summed E-state index contributed by atoms with van der Waals surface area (Å²) in [5.74, 6) is 2.10. The van der Waals surface area contributed by atoms with Crippen molar-refractivity contribution in [2.24, 2.45) is 17.6 Å². The van der Waals surface area contributed by atoms with Crippen molar-refractivity contribution >= 4 is 5.91 Å². The van der Waals surface area contributed by atoms with Crippen molar-refractivity contribution in [3.8, 4) is 0 Å². The highest BCUT2D eigenvalue weighted by atomic mass is 16.2. The van der Waals surface area contributed by atoms with Gasteiger partial charge in [-0.25, -0.2) is 0 Å². The van der Waals surface area contributed by atoms with Crippen molar-refractivity contribution in [2.45, 2.75) is 51.0 Å². The second kappa shape index (κ2) is 6.44. The zero-order valence-corrected chi connectivity index (χ0v) is 12.6. The Morgan fingerprint density at radius 2 is 1.70 bits per heavy atom. The van der Waals surface area contributed by atoms with Crippen molar-refractivity contribution in [1.82, 2.24) is 9.80 Å². The van der Waals surface area contributed by atoms with E-state index in [1.54, 1.807) is 0 Å². The minimum absolute atomic E-state index is 0.273. The fraction of sp³-hybridized carbons (Fsp3) is 0.938. The molecular formula is C16H29N3O. The fourth-order valence-electron chi connectivity index (χ4n) is 4.40. The summed E-state index contributed by atoms with van der Waals surface area (Å²) in [5.41, 5.74) is 5.97. The normalized spacial score (nSPS) is 32.4. The van der Waals surface area contributed by atoms with Gasteiger partial charge in [0.25, 0.3) is 0 Å². The van der Waals surface area contributed by atoms with Crippen LogP contribution in [0.4, 0.5) is 0 Å². The number of rotatable bonds is 4. The number of fused-ring (bicyclic) bond motifs is 1. The summed E-state index contributed by atoms with van der Waals surface area (Å²) < 4.78 is 0. The van der Waals surface area contributed by atoms with Crippen LogP contribution in [-0.4, -0.2) is 54.5 Å². The average molecular weight is 279 g/mol. The second-order valence-corrected chi connectivity index (χ2v) is 6.94. The summed E-state index contributed by atoms with van der Waals surface area (Å²) in [6, 6.07) is 0.273. The van der Waals surface area contributed by atoms with Crippen LogP contribution in [0.2, 0.25) is 0 Å². The maximum Gasteiger partial charge on any atom is 0.224 e. The zero-order valence-electron chi connectivity index (χ0n) is 12.6. The van der Waals surface area contributed by atoms with E-state index in [0.717, 1.165) is 24.9 Å². The summed E-state index contributed by atoms with van der Waals surface area (Å²) >= 11 is 0. The maximum absolute atomic E-state index is 12.4. The molecule has 0 bridgehead atoms. The highest BCUT2D eigenvalue weighted by Gasteiger charge is 2.39. The third kappa shape index (κ3) is 3.01. The molecule has 3 unspecified atom stereocenters. The monoisotopic (exact) mass is 279 g/mol. The van der Waals surface area contributed by atoms with Gasteiger partial charge in [-0.15, -0.1) is 0 Å². The van der Waals surface area contributed by atoms with Crippen LogP contribution in [0.5, 0.6) is 0 Å². The van der Waals surface area contributed by atoms with Crippen LogP contribution < -0.4 is 5.73 Å². The number of hydrogen-bond acceptors (Lipinski definition) is 3. The highest BCUT2D eigenvalue weighted by Crippen LogP contribution is 2.38. The first-order chi connectivity index (χ1) is 9.78. The van der Waals surface area contributed by atoms with Crippen molar-refractivity contribution in [2.75, 3.05) is 32.7 Å². The van der Waals surface area contributed by atoms with Crippen LogP contribution in [0.25, 0.3) is 0 Å². The van der Waals surface area contributed by atoms with Gasteiger partial charge in [0, 0.05) is 45.2 Å². The van der Waals surface area contributed by atoms with Gasteiger partial charge in [0.05, 0.1) is 0 Å². The van der Waals surface area contributed by atoms with Gasteiger partial charge in [-0.2, -0.15) is 0 Å². The molecule has 2 saturated heterocycles. The lowest BCUT2D eigenvalue weighted by Crippen LogP contribution is -2.45. The van der Waals surface area contributed by atoms with E-state index >= 15 is 0 Å². The highest BCUT2D eigenvalue weighted by molar-refractivity contribution is 5.77. The Morgan fingerprint density at radius 1 is 1.05 bits per heavy atom. The van der Waals surface area contributed by atoms with Crippen LogP contribution in [-0.2, 0) is 4.79 Å². The minimum Gasteiger partial charge on any atom is -0.343 e. The van der Waals surface area contributed by atoms with Gasteiger partial charge >= 0.3 is 0 Å². The van der Waals surface area contributed by atoms with E-state index in [1.165, 1.54) is 51.6 Å². The van der Waals surface area contributed by atoms with Gasteiger partial charge in [-0.3, -0.25) is 9.69 Å². The predicted octanol–water partition coefficient (Wildman–Crippen LogP) is 1.45. The van der Waals surface area contributed by atoms with E-state index < -0.39 is 0 Å². The Balaban J connectivity index is 1.53. The molecule has 3 rings (SSSR count). The van der Waals surface area contributed by atoms with Gasteiger partial charge in [0.15, 0.2) is 0 Å². The van der Waals surface area contributed by atoms with E-state index in [0.29, 0.717) is 18.9 Å². The van der Waals surface area contributed by atoms with Gasteiger partial charge in [0.2, 0.25) is 5.91 Å². The molecule has 4 heteroatoms. The largest absolute Gasteiger partial charge is 0.343 e.